The Labute approximate surface area is 83.3 Å². The summed E-state index contributed by atoms with van der Waals surface area (Å²) in [5, 5.41) is 0. The molecule has 0 aliphatic carbocycles. The van der Waals surface area contributed by atoms with E-state index in [0.29, 0.717) is 6.42 Å². The van der Waals surface area contributed by atoms with E-state index in [9.17, 15) is 4.79 Å². The topological polar surface area (TPSA) is 29.5 Å². The molecule has 0 aromatic heterocycles. The summed E-state index contributed by atoms with van der Waals surface area (Å²) in [4.78, 5) is 13.4. The number of hydrogen-bond acceptors (Lipinski definition) is 2. The van der Waals surface area contributed by atoms with Crippen molar-refractivity contribution in [2.45, 2.75) is 12.5 Å². The van der Waals surface area contributed by atoms with Crippen molar-refractivity contribution in [3.63, 3.8) is 0 Å². The Morgan fingerprint density at radius 3 is 2.86 bits per heavy atom. The summed E-state index contributed by atoms with van der Waals surface area (Å²) in [6, 6.07) is 7.91. The lowest BCUT2D eigenvalue weighted by molar-refractivity contribution is -0.128. The molecule has 74 valence electrons. The SMILES string of the molecule is COC1Cc2ccccc2N(C)C1=O. The van der Waals surface area contributed by atoms with Crippen molar-refractivity contribution < 1.29 is 9.53 Å². The summed E-state index contributed by atoms with van der Waals surface area (Å²) < 4.78 is 5.14. The van der Waals surface area contributed by atoms with Crippen molar-refractivity contribution in [1.29, 1.82) is 0 Å². The highest BCUT2D eigenvalue weighted by molar-refractivity contribution is 5.99. The summed E-state index contributed by atoms with van der Waals surface area (Å²) in [7, 11) is 3.36. The van der Waals surface area contributed by atoms with Crippen LogP contribution in [0.2, 0.25) is 0 Å². The number of likely N-dealkylation sites (N-methyl/N-ethyl adjacent to an activating group) is 1. The molecule has 0 saturated carbocycles. The average molecular weight is 191 g/mol. The van der Waals surface area contributed by atoms with E-state index in [1.165, 1.54) is 5.56 Å². The highest BCUT2D eigenvalue weighted by Crippen LogP contribution is 2.27. The van der Waals surface area contributed by atoms with Crippen molar-refractivity contribution in [3.8, 4) is 0 Å². The molecule has 1 atom stereocenters. The van der Waals surface area contributed by atoms with Crippen LogP contribution >= 0.6 is 0 Å². The number of para-hydroxylation sites is 1. The van der Waals surface area contributed by atoms with Crippen molar-refractivity contribution in [1.82, 2.24) is 0 Å². The first kappa shape index (κ1) is 9.21. The molecule has 14 heavy (non-hydrogen) atoms. The third-order valence-electron chi connectivity index (χ3n) is 2.65. The van der Waals surface area contributed by atoms with E-state index < -0.39 is 0 Å². The first-order chi connectivity index (χ1) is 6.74. The van der Waals surface area contributed by atoms with Gasteiger partial charge in [-0.3, -0.25) is 4.79 Å². The van der Waals surface area contributed by atoms with Gasteiger partial charge in [-0.1, -0.05) is 18.2 Å². The Hall–Kier alpha value is -1.35. The fourth-order valence-corrected chi connectivity index (χ4v) is 1.82. The monoisotopic (exact) mass is 191 g/mol. The Morgan fingerprint density at radius 1 is 1.43 bits per heavy atom. The van der Waals surface area contributed by atoms with Crippen LogP contribution in [-0.4, -0.2) is 26.2 Å². The van der Waals surface area contributed by atoms with Gasteiger partial charge in [-0.05, 0) is 11.6 Å². The number of nitrogens with zero attached hydrogens (tertiary/aromatic N) is 1. The number of benzene rings is 1. The van der Waals surface area contributed by atoms with Crippen LogP contribution in [0.4, 0.5) is 5.69 Å². The van der Waals surface area contributed by atoms with E-state index in [0.717, 1.165) is 5.69 Å². The molecule has 1 unspecified atom stereocenters. The first-order valence-corrected chi connectivity index (χ1v) is 4.62. The lowest BCUT2D eigenvalue weighted by Crippen LogP contribution is -2.43. The quantitative estimate of drug-likeness (QED) is 0.668. The minimum atomic E-state index is -0.324. The van der Waals surface area contributed by atoms with E-state index in [4.69, 9.17) is 4.74 Å². The fraction of sp³-hybridized carbons (Fsp3) is 0.364. The van der Waals surface area contributed by atoms with Gasteiger partial charge in [0.1, 0.15) is 6.10 Å². The molecule has 1 aliphatic heterocycles. The number of carbonyl (C=O) groups excluding carboxylic acids is 1. The molecule has 1 aliphatic rings. The Balaban J connectivity index is 2.42. The van der Waals surface area contributed by atoms with Gasteiger partial charge < -0.3 is 9.64 Å². The minimum absolute atomic E-state index is 0.0335. The molecular weight excluding hydrogens is 178 g/mol. The zero-order valence-corrected chi connectivity index (χ0v) is 8.36. The van der Waals surface area contributed by atoms with E-state index in [2.05, 4.69) is 0 Å². The third kappa shape index (κ3) is 1.30. The molecule has 1 aromatic carbocycles. The van der Waals surface area contributed by atoms with Gasteiger partial charge in [0.2, 0.25) is 0 Å². The molecule has 3 heteroatoms. The lowest BCUT2D eigenvalue weighted by atomic mass is 9.99. The van der Waals surface area contributed by atoms with E-state index in [-0.39, 0.29) is 12.0 Å². The summed E-state index contributed by atoms with van der Waals surface area (Å²) in [6.45, 7) is 0. The number of anilines is 1. The number of rotatable bonds is 1. The maximum atomic E-state index is 11.7. The second-order valence-corrected chi connectivity index (χ2v) is 3.45. The van der Waals surface area contributed by atoms with E-state index in [1.807, 2.05) is 24.3 Å². The van der Waals surface area contributed by atoms with Gasteiger partial charge in [-0.2, -0.15) is 0 Å². The third-order valence-corrected chi connectivity index (χ3v) is 2.65. The summed E-state index contributed by atoms with van der Waals surface area (Å²) in [5.41, 5.74) is 2.16. The van der Waals surface area contributed by atoms with Gasteiger partial charge in [-0.25, -0.2) is 0 Å². The number of methoxy groups -OCH3 is 1. The van der Waals surface area contributed by atoms with Gasteiger partial charge in [0, 0.05) is 26.3 Å². The number of amides is 1. The van der Waals surface area contributed by atoms with Crippen LogP contribution in [0.3, 0.4) is 0 Å². The highest BCUT2D eigenvalue weighted by atomic mass is 16.5. The molecule has 0 saturated heterocycles. The van der Waals surface area contributed by atoms with Crippen molar-refractivity contribution in [2.24, 2.45) is 0 Å². The van der Waals surface area contributed by atoms with Crippen LogP contribution in [0.25, 0.3) is 0 Å². The van der Waals surface area contributed by atoms with Gasteiger partial charge in [-0.15, -0.1) is 0 Å². The van der Waals surface area contributed by atoms with Crippen LogP contribution in [0, 0.1) is 0 Å². The second kappa shape index (κ2) is 3.42. The largest absolute Gasteiger partial charge is 0.371 e. The normalized spacial score (nSPS) is 20.9. The lowest BCUT2D eigenvalue weighted by Gasteiger charge is -2.30. The van der Waals surface area contributed by atoms with E-state index >= 15 is 0 Å². The van der Waals surface area contributed by atoms with Crippen LogP contribution in [0.5, 0.6) is 0 Å². The molecule has 1 amide bonds. The molecular formula is C11H13NO2. The molecule has 0 spiro atoms. The minimum Gasteiger partial charge on any atom is -0.371 e. The second-order valence-electron chi connectivity index (χ2n) is 3.45. The smallest absolute Gasteiger partial charge is 0.256 e. The summed E-state index contributed by atoms with van der Waals surface area (Å²) in [6.07, 6.45) is 0.352. The van der Waals surface area contributed by atoms with Crippen LogP contribution in [0.15, 0.2) is 24.3 Å². The molecule has 1 heterocycles. The van der Waals surface area contributed by atoms with Crippen LogP contribution < -0.4 is 4.90 Å². The summed E-state index contributed by atoms with van der Waals surface area (Å²) in [5.74, 6) is 0.0335. The maximum absolute atomic E-state index is 11.7. The zero-order chi connectivity index (χ0) is 10.1. The first-order valence-electron chi connectivity index (χ1n) is 4.62. The van der Waals surface area contributed by atoms with Crippen LogP contribution in [-0.2, 0) is 16.0 Å². The fourth-order valence-electron chi connectivity index (χ4n) is 1.82. The van der Waals surface area contributed by atoms with Crippen molar-refractivity contribution in [3.05, 3.63) is 29.8 Å². The van der Waals surface area contributed by atoms with Gasteiger partial charge in [0.15, 0.2) is 0 Å². The number of fused-ring (bicyclic) bond motifs is 1. The molecule has 0 fully saturated rings. The molecule has 2 rings (SSSR count). The molecule has 1 aromatic rings. The van der Waals surface area contributed by atoms with Crippen molar-refractivity contribution >= 4 is 11.6 Å². The van der Waals surface area contributed by atoms with Crippen molar-refractivity contribution in [2.75, 3.05) is 19.1 Å². The Bertz CT molecular complexity index is 362. The molecule has 0 radical (unpaired) electrons. The molecule has 0 bridgehead atoms. The summed E-state index contributed by atoms with van der Waals surface area (Å²) >= 11 is 0. The zero-order valence-electron chi connectivity index (χ0n) is 8.36. The van der Waals surface area contributed by atoms with Gasteiger partial charge >= 0.3 is 0 Å². The molecule has 3 nitrogen and oxygen atoms in total. The van der Waals surface area contributed by atoms with Crippen LogP contribution in [0.1, 0.15) is 5.56 Å². The Kier molecular flexibility index (Phi) is 2.25. The number of hydrogen-bond donors (Lipinski definition) is 0. The number of ether oxygens (including phenoxy) is 1. The molecule has 0 N–H and O–H groups in total. The highest BCUT2D eigenvalue weighted by Gasteiger charge is 2.29. The maximum Gasteiger partial charge on any atom is 0.256 e. The van der Waals surface area contributed by atoms with Gasteiger partial charge in [0.05, 0.1) is 0 Å². The predicted octanol–water partition coefficient (Wildman–Crippen LogP) is 1.22. The predicted molar refractivity (Wildman–Crippen MR) is 54.4 cm³/mol. The van der Waals surface area contributed by atoms with Gasteiger partial charge in [0.25, 0.3) is 5.91 Å². The van der Waals surface area contributed by atoms with E-state index in [1.54, 1.807) is 19.1 Å². The average Bonchev–Trinajstić information content (AvgIpc) is 2.23. The number of carbonyl (C=O) groups is 1. The Morgan fingerprint density at radius 2 is 2.14 bits per heavy atom. The standard InChI is InChI=1S/C11H13NO2/c1-12-9-6-4-3-5-8(9)7-10(14-2)11(12)13/h3-6,10H,7H2,1-2H3.